The topological polar surface area (TPSA) is 55.4 Å². The van der Waals surface area contributed by atoms with Crippen LogP contribution in [0.15, 0.2) is 5.38 Å². The third-order valence-corrected chi connectivity index (χ3v) is 4.47. The van der Waals surface area contributed by atoms with E-state index in [-0.39, 0.29) is 17.7 Å². The number of ether oxygens (including phenoxy) is 1. The first kappa shape index (κ1) is 13.2. The highest BCUT2D eigenvalue weighted by atomic mass is 32.1. The normalized spacial score (nSPS) is 16.6. The second-order valence-corrected chi connectivity index (χ2v) is 5.36. The highest BCUT2D eigenvalue weighted by molar-refractivity contribution is 7.12. The number of Topliss-reactive ketones (excluding diaryl/α,β-unsaturated/α-hetero) is 1. The fraction of sp³-hybridized carbons (Fsp3) is 0.538. The van der Waals surface area contributed by atoms with Gasteiger partial charge in [0.2, 0.25) is 0 Å². The van der Waals surface area contributed by atoms with Crippen LogP contribution in [0.5, 0.6) is 0 Å². The number of carbonyl (C=O) groups is 2. The first-order valence-corrected chi connectivity index (χ1v) is 6.94. The molecule has 4 nitrogen and oxygen atoms in total. The Kier molecular flexibility index (Phi) is 4.14. The largest absolute Gasteiger partial charge is 0.465 e. The lowest BCUT2D eigenvalue weighted by Crippen LogP contribution is -2.31. The quantitative estimate of drug-likeness (QED) is 0.672. The Balaban J connectivity index is 2.20. The molecule has 98 valence electrons. The van der Waals surface area contributed by atoms with Crippen LogP contribution in [0, 0.1) is 12.8 Å². The Hall–Kier alpha value is -1.20. The minimum atomic E-state index is -0.367. The predicted molar refractivity (Wildman–Crippen MR) is 70.3 cm³/mol. The zero-order chi connectivity index (χ0) is 13.1. The standard InChI is InChI=1S/C13H17NO3S/c1-8-10(13(16)17-2)7-18-12(8)11(15)9-3-5-14-6-4-9/h7,9,14H,3-6H2,1-2H3. The van der Waals surface area contributed by atoms with Gasteiger partial charge in [-0.2, -0.15) is 0 Å². The maximum atomic E-state index is 12.4. The van der Waals surface area contributed by atoms with Gasteiger partial charge in [-0.25, -0.2) is 4.79 Å². The van der Waals surface area contributed by atoms with E-state index >= 15 is 0 Å². The van der Waals surface area contributed by atoms with Gasteiger partial charge >= 0.3 is 5.97 Å². The van der Waals surface area contributed by atoms with E-state index in [1.54, 1.807) is 5.38 Å². The number of esters is 1. The highest BCUT2D eigenvalue weighted by Gasteiger charge is 2.26. The summed E-state index contributed by atoms with van der Waals surface area (Å²) in [6.07, 6.45) is 1.76. The Bertz CT molecular complexity index is 461. The number of hydrogen-bond donors (Lipinski definition) is 1. The monoisotopic (exact) mass is 267 g/mol. The summed E-state index contributed by atoms with van der Waals surface area (Å²) >= 11 is 1.35. The molecule has 1 N–H and O–H groups in total. The molecule has 1 fully saturated rings. The van der Waals surface area contributed by atoms with Crippen LogP contribution in [0.25, 0.3) is 0 Å². The van der Waals surface area contributed by atoms with Crippen LogP contribution >= 0.6 is 11.3 Å². The van der Waals surface area contributed by atoms with Crippen molar-refractivity contribution in [3.63, 3.8) is 0 Å². The molecule has 0 radical (unpaired) electrons. The number of nitrogens with one attached hydrogen (secondary N) is 1. The molecule has 1 aliphatic heterocycles. The molecule has 0 unspecified atom stereocenters. The molecule has 1 aromatic heterocycles. The molecular weight excluding hydrogens is 250 g/mol. The van der Waals surface area contributed by atoms with Crippen LogP contribution < -0.4 is 5.32 Å². The molecule has 18 heavy (non-hydrogen) atoms. The van der Waals surface area contributed by atoms with Crippen molar-refractivity contribution in [3.8, 4) is 0 Å². The van der Waals surface area contributed by atoms with E-state index in [0.717, 1.165) is 31.5 Å². The van der Waals surface area contributed by atoms with Crippen LogP contribution in [0.3, 0.4) is 0 Å². The highest BCUT2D eigenvalue weighted by Crippen LogP contribution is 2.27. The average Bonchev–Trinajstić information content (AvgIpc) is 2.80. The van der Waals surface area contributed by atoms with E-state index in [9.17, 15) is 9.59 Å². The Labute approximate surface area is 110 Å². The lowest BCUT2D eigenvalue weighted by Gasteiger charge is -2.21. The number of rotatable bonds is 3. The molecule has 2 rings (SSSR count). The van der Waals surface area contributed by atoms with Crippen molar-refractivity contribution in [1.29, 1.82) is 0 Å². The van der Waals surface area contributed by atoms with Gasteiger partial charge in [-0.3, -0.25) is 4.79 Å². The zero-order valence-corrected chi connectivity index (χ0v) is 11.4. The van der Waals surface area contributed by atoms with Crippen LogP contribution in [0.1, 0.15) is 38.4 Å². The summed E-state index contributed by atoms with van der Waals surface area (Å²) in [5.74, 6) is -0.101. The molecule has 1 aliphatic rings. The summed E-state index contributed by atoms with van der Waals surface area (Å²) in [5, 5.41) is 4.96. The van der Waals surface area contributed by atoms with E-state index in [1.165, 1.54) is 18.4 Å². The second kappa shape index (κ2) is 5.63. The van der Waals surface area contributed by atoms with Crippen LogP contribution in [-0.4, -0.2) is 32.0 Å². The number of thiophene rings is 1. The summed E-state index contributed by atoms with van der Waals surface area (Å²) in [6, 6.07) is 0. The van der Waals surface area contributed by atoms with Crippen molar-refractivity contribution in [3.05, 3.63) is 21.4 Å². The molecular formula is C13H17NO3S. The van der Waals surface area contributed by atoms with Crippen LogP contribution in [0.4, 0.5) is 0 Å². The average molecular weight is 267 g/mol. The van der Waals surface area contributed by atoms with Gasteiger partial charge in [0, 0.05) is 11.3 Å². The van der Waals surface area contributed by atoms with Gasteiger partial charge in [-0.1, -0.05) is 0 Å². The van der Waals surface area contributed by atoms with Crippen LogP contribution in [0.2, 0.25) is 0 Å². The van der Waals surface area contributed by atoms with E-state index in [2.05, 4.69) is 5.32 Å². The summed E-state index contributed by atoms with van der Waals surface area (Å²) in [7, 11) is 1.35. The lowest BCUT2D eigenvalue weighted by atomic mass is 9.91. The van der Waals surface area contributed by atoms with Crippen molar-refractivity contribution in [1.82, 2.24) is 5.32 Å². The van der Waals surface area contributed by atoms with E-state index < -0.39 is 0 Å². The minimum Gasteiger partial charge on any atom is -0.465 e. The minimum absolute atomic E-state index is 0.0918. The van der Waals surface area contributed by atoms with Gasteiger partial charge in [0.05, 0.1) is 17.6 Å². The molecule has 5 heteroatoms. The van der Waals surface area contributed by atoms with Crippen molar-refractivity contribution in [2.24, 2.45) is 5.92 Å². The maximum Gasteiger partial charge on any atom is 0.338 e. The Morgan fingerprint density at radius 3 is 2.67 bits per heavy atom. The zero-order valence-electron chi connectivity index (χ0n) is 10.6. The van der Waals surface area contributed by atoms with E-state index in [4.69, 9.17) is 4.74 Å². The predicted octanol–water partition coefficient (Wildman–Crippen LogP) is 2.03. The summed E-state index contributed by atoms with van der Waals surface area (Å²) in [6.45, 7) is 3.60. The van der Waals surface area contributed by atoms with Gasteiger partial charge in [0.15, 0.2) is 5.78 Å². The molecule has 0 atom stereocenters. The number of methoxy groups -OCH3 is 1. The van der Waals surface area contributed by atoms with Crippen molar-refractivity contribution in [2.75, 3.05) is 20.2 Å². The summed E-state index contributed by atoms with van der Waals surface area (Å²) in [4.78, 5) is 24.6. The fourth-order valence-electron chi connectivity index (χ4n) is 2.24. The van der Waals surface area contributed by atoms with E-state index in [1.807, 2.05) is 6.92 Å². The van der Waals surface area contributed by atoms with Gasteiger partial charge in [-0.05, 0) is 38.4 Å². The SMILES string of the molecule is COC(=O)c1csc(C(=O)C2CCNCC2)c1C. The summed E-state index contributed by atoms with van der Waals surface area (Å²) in [5.41, 5.74) is 1.27. The number of hydrogen-bond acceptors (Lipinski definition) is 5. The molecule has 1 aromatic rings. The van der Waals surface area contributed by atoms with Crippen molar-refractivity contribution in [2.45, 2.75) is 19.8 Å². The van der Waals surface area contributed by atoms with Crippen molar-refractivity contribution >= 4 is 23.1 Å². The number of piperidine rings is 1. The number of ketones is 1. The molecule has 0 bridgehead atoms. The molecule has 2 heterocycles. The number of carbonyl (C=O) groups excluding carboxylic acids is 2. The molecule has 0 spiro atoms. The van der Waals surface area contributed by atoms with Gasteiger partial charge in [-0.15, -0.1) is 11.3 Å². The first-order chi connectivity index (χ1) is 8.65. The molecule has 0 amide bonds. The van der Waals surface area contributed by atoms with E-state index in [0.29, 0.717) is 10.4 Å². The van der Waals surface area contributed by atoms with Gasteiger partial charge in [0.1, 0.15) is 0 Å². The Morgan fingerprint density at radius 1 is 1.39 bits per heavy atom. The third-order valence-electron chi connectivity index (χ3n) is 3.38. The lowest BCUT2D eigenvalue weighted by molar-refractivity contribution is 0.0600. The molecule has 1 saturated heterocycles. The second-order valence-electron chi connectivity index (χ2n) is 4.48. The fourth-order valence-corrected chi connectivity index (χ4v) is 3.32. The molecule has 0 aliphatic carbocycles. The molecule has 0 aromatic carbocycles. The third kappa shape index (κ3) is 2.47. The first-order valence-electron chi connectivity index (χ1n) is 6.06. The molecule has 0 saturated carbocycles. The maximum absolute atomic E-state index is 12.4. The van der Waals surface area contributed by atoms with Gasteiger partial charge < -0.3 is 10.1 Å². The summed E-state index contributed by atoms with van der Waals surface area (Å²) < 4.78 is 4.70. The smallest absolute Gasteiger partial charge is 0.338 e. The Morgan fingerprint density at radius 2 is 2.06 bits per heavy atom. The van der Waals surface area contributed by atoms with Gasteiger partial charge in [0.25, 0.3) is 0 Å². The van der Waals surface area contributed by atoms with Crippen LogP contribution in [-0.2, 0) is 4.74 Å². The van der Waals surface area contributed by atoms with Crippen molar-refractivity contribution < 1.29 is 14.3 Å².